The van der Waals surface area contributed by atoms with Gasteiger partial charge < -0.3 is 9.64 Å². The van der Waals surface area contributed by atoms with Crippen LogP contribution >= 0.6 is 0 Å². The third-order valence-corrected chi connectivity index (χ3v) is 4.36. The number of likely N-dealkylation sites (N-methyl/N-ethyl adjacent to an activating group) is 1. The van der Waals surface area contributed by atoms with E-state index in [1.54, 1.807) is 4.90 Å². The molecule has 2 aliphatic heterocycles. The lowest BCUT2D eigenvalue weighted by atomic mass is 9.94. The van der Waals surface area contributed by atoms with Crippen molar-refractivity contribution in [1.29, 1.82) is 0 Å². The van der Waals surface area contributed by atoms with E-state index in [0.29, 0.717) is 18.3 Å². The number of pyridine rings is 1. The highest BCUT2D eigenvalue weighted by Gasteiger charge is 2.41. The summed E-state index contributed by atoms with van der Waals surface area (Å²) in [6, 6.07) is 5.96. The van der Waals surface area contributed by atoms with E-state index in [0.717, 1.165) is 25.2 Å². The lowest BCUT2D eigenvalue weighted by Gasteiger charge is -2.31. The summed E-state index contributed by atoms with van der Waals surface area (Å²) in [5.74, 6) is 1.15. The van der Waals surface area contributed by atoms with Crippen LogP contribution in [-0.2, 0) is 4.74 Å². The molecule has 1 atom stereocenters. The Morgan fingerprint density at radius 3 is 2.86 bits per heavy atom. The van der Waals surface area contributed by atoms with Gasteiger partial charge in [-0.3, -0.25) is 4.90 Å². The Kier molecular flexibility index (Phi) is 3.61. The molecule has 0 spiro atoms. The number of hydrogen-bond acceptors (Lipinski definition) is 4. The number of amides is 1. The van der Waals surface area contributed by atoms with Gasteiger partial charge in [0.2, 0.25) is 0 Å². The number of nitrogens with zero attached hydrogens (tertiary/aromatic N) is 3. The van der Waals surface area contributed by atoms with Gasteiger partial charge in [0, 0.05) is 18.2 Å². The van der Waals surface area contributed by atoms with Crippen molar-refractivity contribution in [3.05, 3.63) is 23.9 Å². The van der Waals surface area contributed by atoms with E-state index in [2.05, 4.69) is 18.0 Å². The molecule has 2 saturated heterocycles. The highest BCUT2D eigenvalue weighted by atomic mass is 16.6. The number of anilines is 1. The highest BCUT2D eigenvalue weighted by molar-refractivity contribution is 5.90. The van der Waals surface area contributed by atoms with E-state index in [4.69, 9.17) is 9.72 Å². The summed E-state index contributed by atoms with van der Waals surface area (Å²) >= 11 is 0. The van der Waals surface area contributed by atoms with Crippen LogP contribution in [0.1, 0.15) is 38.3 Å². The van der Waals surface area contributed by atoms with Crippen LogP contribution in [-0.4, -0.2) is 48.3 Å². The average molecular weight is 289 g/mol. The molecule has 1 unspecified atom stereocenters. The maximum absolute atomic E-state index is 12.0. The predicted molar refractivity (Wildman–Crippen MR) is 81.6 cm³/mol. The van der Waals surface area contributed by atoms with Gasteiger partial charge in [-0.05, 0) is 52.4 Å². The molecular weight excluding hydrogens is 266 g/mol. The number of ether oxygens (including phenoxy) is 1. The standard InChI is InChI=1S/C16H23N3O2/c1-16(2)11-21-15(20)19(16)14-8-4-7-13(17-14)12-6-5-9-18(3)10-12/h4,7-8,12H,5-6,9-11H2,1-3H3. The van der Waals surface area contributed by atoms with Gasteiger partial charge >= 0.3 is 6.09 Å². The van der Waals surface area contributed by atoms with Crippen molar-refractivity contribution >= 4 is 11.9 Å². The minimum Gasteiger partial charge on any atom is -0.447 e. The molecule has 1 aromatic heterocycles. The molecule has 2 aliphatic rings. The smallest absolute Gasteiger partial charge is 0.416 e. The first-order valence-electron chi connectivity index (χ1n) is 7.60. The Labute approximate surface area is 125 Å². The van der Waals surface area contributed by atoms with Gasteiger partial charge in [-0.15, -0.1) is 0 Å². The van der Waals surface area contributed by atoms with Gasteiger partial charge in [0.05, 0.1) is 5.54 Å². The van der Waals surface area contributed by atoms with Crippen LogP contribution < -0.4 is 4.90 Å². The third kappa shape index (κ3) is 2.75. The molecule has 1 aromatic rings. The number of carbonyl (C=O) groups excluding carboxylic acids is 1. The largest absolute Gasteiger partial charge is 0.447 e. The van der Waals surface area contributed by atoms with Crippen LogP contribution in [0.2, 0.25) is 0 Å². The summed E-state index contributed by atoms with van der Waals surface area (Å²) in [6.07, 6.45) is 2.06. The van der Waals surface area contributed by atoms with Crippen LogP contribution in [0.25, 0.3) is 0 Å². The molecule has 5 heteroatoms. The first kappa shape index (κ1) is 14.3. The summed E-state index contributed by atoms with van der Waals surface area (Å²) in [5, 5.41) is 0. The molecule has 2 fully saturated rings. The molecule has 5 nitrogen and oxygen atoms in total. The Balaban J connectivity index is 1.88. The molecule has 21 heavy (non-hydrogen) atoms. The molecule has 0 aromatic carbocycles. The SMILES string of the molecule is CN1CCCC(c2cccc(N3C(=O)OCC3(C)C)n2)C1. The Morgan fingerprint density at radius 1 is 1.38 bits per heavy atom. The van der Waals surface area contributed by atoms with Crippen molar-refractivity contribution in [1.82, 2.24) is 9.88 Å². The van der Waals surface area contributed by atoms with Crippen LogP contribution in [0.4, 0.5) is 10.6 Å². The van der Waals surface area contributed by atoms with Crippen molar-refractivity contribution < 1.29 is 9.53 Å². The number of cyclic esters (lactones) is 1. The first-order chi connectivity index (χ1) is 9.97. The molecule has 3 rings (SSSR count). The molecular formula is C16H23N3O2. The van der Waals surface area contributed by atoms with Gasteiger partial charge in [-0.25, -0.2) is 9.78 Å². The summed E-state index contributed by atoms with van der Waals surface area (Å²) in [4.78, 5) is 20.8. The predicted octanol–water partition coefficient (Wildman–Crippen LogP) is 2.63. The Bertz CT molecular complexity index is 544. The Hall–Kier alpha value is -1.62. The molecule has 1 amide bonds. The second-order valence-electron chi connectivity index (χ2n) is 6.72. The van der Waals surface area contributed by atoms with E-state index >= 15 is 0 Å². The van der Waals surface area contributed by atoms with E-state index in [1.807, 2.05) is 26.0 Å². The van der Waals surface area contributed by atoms with E-state index in [9.17, 15) is 4.79 Å². The zero-order chi connectivity index (χ0) is 15.0. The number of piperidine rings is 1. The van der Waals surface area contributed by atoms with Gasteiger partial charge in [0.25, 0.3) is 0 Å². The number of hydrogen-bond donors (Lipinski definition) is 0. The lowest BCUT2D eigenvalue weighted by Crippen LogP contribution is -2.42. The van der Waals surface area contributed by atoms with Gasteiger partial charge in [0.15, 0.2) is 0 Å². The van der Waals surface area contributed by atoms with Gasteiger partial charge in [0.1, 0.15) is 12.4 Å². The van der Waals surface area contributed by atoms with E-state index in [1.165, 1.54) is 6.42 Å². The minimum absolute atomic E-state index is 0.301. The molecule has 0 radical (unpaired) electrons. The average Bonchev–Trinajstić information content (AvgIpc) is 2.73. The zero-order valence-electron chi connectivity index (χ0n) is 13.0. The molecule has 0 saturated carbocycles. The summed E-state index contributed by atoms with van der Waals surface area (Å²) < 4.78 is 5.18. The second-order valence-corrected chi connectivity index (χ2v) is 6.72. The molecule has 0 aliphatic carbocycles. The zero-order valence-corrected chi connectivity index (χ0v) is 13.0. The van der Waals surface area contributed by atoms with Crippen molar-refractivity contribution in [2.24, 2.45) is 0 Å². The summed E-state index contributed by atoms with van der Waals surface area (Å²) in [7, 11) is 2.15. The number of rotatable bonds is 2. The summed E-state index contributed by atoms with van der Waals surface area (Å²) in [5.41, 5.74) is 0.737. The fourth-order valence-corrected chi connectivity index (χ4v) is 3.22. The second kappa shape index (κ2) is 5.30. The quantitative estimate of drug-likeness (QED) is 0.839. The maximum Gasteiger partial charge on any atom is 0.416 e. The van der Waals surface area contributed by atoms with E-state index < -0.39 is 0 Å². The normalized spacial score (nSPS) is 26.0. The topological polar surface area (TPSA) is 45.7 Å². The maximum atomic E-state index is 12.0. The molecule has 114 valence electrons. The third-order valence-electron chi connectivity index (χ3n) is 4.36. The van der Waals surface area contributed by atoms with Crippen LogP contribution in [0.3, 0.4) is 0 Å². The molecule has 3 heterocycles. The minimum atomic E-state index is -0.341. The first-order valence-corrected chi connectivity index (χ1v) is 7.60. The monoisotopic (exact) mass is 289 g/mol. The number of likely N-dealkylation sites (tertiary alicyclic amines) is 1. The van der Waals surface area contributed by atoms with Crippen molar-refractivity contribution in [2.75, 3.05) is 31.6 Å². The van der Waals surface area contributed by atoms with Crippen LogP contribution in [0.15, 0.2) is 18.2 Å². The van der Waals surface area contributed by atoms with Crippen LogP contribution in [0, 0.1) is 0 Å². The molecule has 0 N–H and O–H groups in total. The fourth-order valence-electron chi connectivity index (χ4n) is 3.22. The Morgan fingerprint density at radius 2 is 2.19 bits per heavy atom. The van der Waals surface area contributed by atoms with Crippen molar-refractivity contribution in [2.45, 2.75) is 38.1 Å². The number of carbonyl (C=O) groups is 1. The number of aromatic nitrogens is 1. The highest BCUT2D eigenvalue weighted by Crippen LogP contribution is 2.31. The van der Waals surface area contributed by atoms with Crippen molar-refractivity contribution in [3.63, 3.8) is 0 Å². The fraction of sp³-hybridized carbons (Fsp3) is 0.625. The van der Waals surface area contributed by atoms with Crippen LogP contribution in [0.5, 0.6) is 0 Å². The van der Waals surface area contributed by atoms with Gasteiger partial charge in [-0.2, -0.15) is 0 Å². The summed E-state index contributed by atoms with van der Waals surface area (Å²) in [6.45, 7) is 6.59. The van der Waals surface area contributed by atoms with Crippen molar-refractivity contribution in [3.8, 4) is 0 Å². The lowest BCUT2D eigenvalue weighted by molar-refractivity contribution is 0.175. The van der Waals surface area contributed by atoms with Gasteiger partial charge in [-0.1, -0.05) is 6.07 Å². The van der Waals surface area contributed by atoms with E-state index in [-0.39, 0.29) is 11.6 Å². The molecule has 0 bridgehead atoms.